The summed E-state index contributed by atoms with van der Waals surface area (Å²) >= 11 is -0.236. The van der Waals surface area contributed by atoms with Gasteiger partial charge in [-0.15, -0.1) is 0 Å². The molecule has 1 aromatic rings. The zero-order valence-electron chi connectivity index (χ0n) is 16.3. The molecule has 6 nitrogen and oxygen atoms in total. The number of fused-ring (bicyclic) bond motifs is 1. The zero-order valence-corrected chi connectivity index (χ0v) is 18.0. The molecule has 1 saturated heterocycles. The SMILES string of the molecule is COC(=O)C1([Se]c2ccccc2)C[C@@H](OC(C)=O)[C@@H]2OC(C)(C)O[C@@H]2C1C. The van der Waals surface area contributed by atoms with Crippen LogP contribution in [0.15, 0.2) is 30.3 Å². The first-order valence-corrected chi connectivity index (χ1v) is 10.7. The van der Waals surface area contributed by atoms with Crippen molar-refractivity contribution in [1.82, 2.24) is 0 Å². The van der Waals surface area contributed by atoms with Crippen molar-refractivity contribution in [2.45, 2.75) is 62.5 Å². The molecule has 1 aromatic carbocycles. The fourth-order valence-electron chi connectivity index (χ4n) is 4.00. The Morgan fingerprint density at radius 2 is 1.78 bits per heavy atom. The summed E-state index contributed by atoms with van der Waals surface area (Å²) in [7, 11) is 1.40. The average Bonchev–Trinajstić information content (AvgIpc) is 2.94. The second-order valence-electron chi connectivity index (χ2n) is 7.50. The van der Waals surface area contributed by atoms with Crippen LogP contribution in [0.25, 0.3) is 0 Å². The molecular formula is C20H26O6Se. The molecule has 7 heteroatoms. The Morgan fingerprint density at radius 1 is 1.15 bits per heavy atom. The van der Waals surface area contributed by atoms with Gasteiger partial charge < -0.3 is 0 Å². The molecule has 0 amide bonds. The van der Waals surface area contributed by atoms with E-state index >= 15 is 0 Å². The van der Waals surface area contributed by atoms with Crippen LogP contribution in [0.1, 0.15) is 34.1 Å². The summed E-state index contributed by atoms with van der Waals surface area (Å²) in [6, 6.07) is 9.89. The molecule has 0 radical (unpaired) electrons. The summed E-state index contributed by atoms with van der Waals surface area (Å²) in [5.41, 5.74) is 0. The maximum atomic E-state index is 13.0. The van der Waals surface area contributed by atoms with Gasteiger partial charge in [0, 0.05) is 0 Å². The summed E-state index contributed by atoms with van der Waals surface area (Å²) in [5.74, 6) is -1.63. The number of ether oxygens (including phenoxy) is 4. The van der Waals surface area contributed by atoms with Crippen molar-refractivity contribution in [3.05, 3.63) is 30.3 Å². The molecule has 3 rings (SSSR count). The van der Waals surface area contributed by atoms with Crippen LogP contribution in [0.5, 0.6) is 0 Å². The molecule has 2 unspecified atom stereocenters. The summed E-state index contributed by atoms with van der Waals surface area (Å²) in [4.78, 5) is 24.8. The third kappa shape index (κ3) is 3.92. The molecular weight excluding hydrogens is 415 g/mol. The van der Waals surface area contributed by atoms with E-state index in [4.69, 9.17) is 18.9 Å². The average molecular weight is 441 g/mol. The normalized spacial score (nSPS) is 34.6. The van der Waals surface area contributed by atoms with Crippen LogP contribution < -0.4 is 4.46 Å². The van der Waals surface area contributed by atoms with Crippen molar-refractivity contribution in [1.29, 1.82) is 0 Å². The third-order valence-electron chi connectivity index (χ3n) is 5.15. The number of methoxy groups -OCH3 is 1. The molecule has 2 fully saturated rings. The molecule has 1 aliphatic carbocycles. The van der Waals surface area contributed by atoms with Crippen molar-refractivity contribution in [2.24, 2.45) is 5.92 Å². The van der Waals surface area contributed by atoms with Crippen molar-refractivity contribution in [2.75, 3.05) is 7.11 Å². The van der Waals surface area contributed by atoms with Crippen LogP contribution >= 0.6 is 0 Å². The van der Waals surface area contributed by atoms with Gasteiger partial charge >= 0.3 is 166 Å². The number of hydrogen-bond donors (Lipinski definition) is 0. The second-order valence-corrected chi connectivity index (χ2v) is 10.4. The van der Waals surface area contributed by atoms with Gasteiger partial charge in [0.1, 0.15) is 0 Å². The second kappa shape index (κ2) is 7.55. The fraction of sp³-hybridized carbons (Fsp3) is 0.600. The van der Waals surface area contributed by atoms with E-state index in [-0.39, 0.29) is 32.9 Å². The fourth-order valence-corrected chi connectivity index (χ4v) is 7.03. The summed E-state index contributed by atoms with van der Waals surface area (Å²) in [6.07, 6.45) is -0.961. The quantitative estimate of drug-likeness (QED) is 0.525. The van der Waals surface area contributed by atoms with Crippen LogP contribution in [0.3, 0.4) is 0 Å². The maximum absolute atomic E-state index is 13.0. The Kier molecular flexibility index (Phi) is 5.69. The number of carbonyl (C=O) groups excluding carboxylic acids is 2. The first-order valence-electron chi connectivity index (χ1n) is 9.04. The Balaban J connectivity index is 2.03. The van der Waals surface area contributed by atoms with Crippen LogP contribution in [0, 0.1) is 5.92 Å². The number of rotatable bonds is 4. The monoisotopic (exact) mass is 442 g/mol. The number of esters is 2. The van der Waals surface area contributed by atoms with Crippen LogP contribution in [0.4, 0.5) is 0 Å². The van der Waals surface area contributed by atoms with Gasteiger partial charge in [0.25, 0.3) is 0 Å². The van der Waals surface area contributed by atoms with Crippen LogP contribution in [-0.2, 0) is 28.5 Å². The van der Waals surface area contributed by atoms with Crippen LogP contribution in [-0.4, -0.2) is 58.1 Å². The van der Waals surface area contributed by atoms with Gasteiger partial charge in [-0.3, -0.25) is 0 Å². The van der Waals surface area contributed by atoms with Gasteiger partial charge in [0.05, 0.1) is 0 Å². The molecule has 27 heavy (non-hydrogen) atoms. The van der Waals surface area contributed by atoms with Gasteiger partial charge in [-0.2, -0.15) is 0 Å². The van der Waals surface area contributed by atoms with E-state index in [1.54, 1.807) is 0 Å². The molecule has 148 valence electrons. The summed E-state index contributed by atoms with van der Waals surface area (Å²) < 4.78 is 23.3. The van der Waals surface area contributed by atoms with Crippen molar-refractivity contribution >= 4 is 31.4 Å². The molecule has 0 aromatic heterocycles. The van der Waals surface area contributed by atoms with Gasteiger partial charge in [-0.25, -0.2) is 0 Å². The minimum absolute atomic E-state index is 0.149. The molecule has 1 saturated carbocycles. The first kappa shape index (κ1) is 20.3. The molecule has 0 bridgehead atoms. The topological polar surface area (TPSA) is 71.1 Å². The Morgan fingerprint density at radius 3 is 2.37 bits per heavy atom. The molecule has 0 N–H and O–H groups in total. The molecule has 0 spiro atoms. The van der Waals surface area contributed by atoms with Gasteiger partial charge in [0.2, 0.25) is 0 Å². The van der Waals surface area contributed by atoms with E-state index in [0.717, 1.165) is 4.46 Å². The van der Waals surface area contributed by atoms with E-state index in [1.165, 1.54) is 14.0 Å². The number of carbonyl (C=O) groups is 2. The van der Waals surface area contributed by atoms with Gasteiger partial charge in [0.15, 0.2) is 0 Å². The molecule has 5 atom stereocenters. The Hall–Kier alpha value is -1.40. The Labute approximate surface area is 166 Å². The molecule has 1 aliphatic heterocycles. The predicted molar refractivity (Wildman–Crippen MR) is 99.7 cm³/mol. The van der Waals surface area contributed by atoms with Crippen molar-refractivity contribution in [3.63, 3.8) is 0 Å². The van der Waals surface area contributed by atoms with Crippen molar-refractivity contribution in [3.8, 4) is 0 Å². The van der Waals surface area contributed by atoms with E-state index in [2.05, 4.69) is 0 Å². The summed E-state index contributed by atoms with van der Waals surface area (Å²) in [6.45, 7) is 7.06. The number of benzene rings is 1. The van der Waals surface area contributed by atoms with Gasteiger partial charge in [-0.05, 0) is 0 Å². The van der Waals surface area contributed by atoms with E-state index in [1.807, 2.05) is 51.1 Å². The van der Waals surface area contributed by atoms with E-state index < -0.39 is 28.3 Å². The predicted octanol–water partition coefficient (Wildman–Crippen LogP) is 1.84. The third-order valence-corrected chi connectivity index (χ3v) is 8.46. The standard InChI is InChI=1S/C20H26O6Se/c1-12-16-17(26-19(3,4)25-16)15(24-13(2)21)11-20(12,18(22)23-5)27-14-9-7-6-8-10-14/h6-10,12,15-17H,11H2,1-5H3/t12?,15-,16-,17+,20?/m1/s1. The molecule has 2 aliphatic rings. The van der Waals surface area contributed by atoms with E-state index in [0.29, 0.717) is 6.42 Å². The summed E-state index contributed by atoms with van der Waals surface area (Å²) in [5, 5.41) is 0. The first-order chi connectivity index (χ1) is 12.7. The zero-order chi connectivity index (χ0) is 19.8. The van der Waals surface area contributed by atoms with Crippen LogP contribution in [0.2, 0.25) is 4.31 Å². The Bertz CT molecular complexity index is 706. The minimum atomic E-state index is -0.811. The molecule has 1 heterocycles. The van der Waals surface area contributed by atoms with E-state index in [9.17, 15) is 9.59 Å². The van der Waals surface area contributed by atoms with Gasteiger partial charge in [-0.1, -0.05) is 0 Å². The number of hydrogen-bond acceptors (Lipinski definition) is 6. The van der Waals surface area contributed by atoms with Crippen molar-refractivity contribution < 1.29 is 28.5 Å².